The van der Waals surface area contributed by atoms with Gasteiger partial charge in [-0.1, -0.05) is 41.2 Å². The lowest BCUT2D eigenvalue weighted by atomic mass is 9.87. The second-order valence-electron chi connectivity index (χ2n) is 6.20. The number of hydrogen-bond acceptors (Lipinski definition) is 2. The molecule has 0 amide bonds. The molecular formula is C18H38N2. The van der Waals surface area contributed by atoms with Gasteiger partial charge in [0.2, 0.25) is 0 Å². The molecule has 0 unspecified atom stereocenters. The van der Waals surface area contributed by atoms with Crippen molar-refractivity contribution in [2.24, 2.45) is 5.92 Å². The molecule has 1 saturated carbocycles. The zero-order chi connectivity index (χ0) is 15.4. The number of likely N-dealkylation sites (tertiary alicyclic amines) is 1. The Labute approximate surface area is 128 Å². The van der Waals surface area contributed by atoms with E-state index in [1.54, 1.807) is 0 Å². The summed E-state index contributed by atoms with van der Waals surface area (Å²) in [6, 6.07) is 1.47. The molecule has 1 aliphatic carbocycles. The normalized spacial score (nSPS) is 25.4. The lowest BCUT2D eigenvalue weighted by Gasteiger charge is -2.28. The van der Waals surface area contributed by atoms with E-state index in [-0.39, 0.29) is 0 Å². The molecule has 2 aliphatic rings. The molecule has 1 saturated heterocycles. The fraction of sp³-hybridized carbons (Fsp3) is 0.889. The van der Waals surface area contributed by atoms with Crippen molar-refractivity contribution in [3.05, 3.63) is 12.8 Å². The maximum atomic E-state index is 3.67. The molecule has 20 heavy (non-hydrogen) atoms. The van der Waals surface area contributed by atoms with Crippen LogP contribution in [-0.4, -0.2) is 30.1 Å². The van der Waals surface area contributed by atoms with Crippen LogP contribution in [0.4, 0.5) is 0 Å². The van der Waals surface area contributed by atoms with Crippen LogP contribution in [0.2, 0.25) is 0 Å². The van der Waals surface area contributed by atoms with Crippen molar-refractivity contribution in [2.75, 3.05) is 13.1 Å². The molecule has 2 fully saturated rings. The molecular weight excluding hydrogens is 244 g/mol. The Morgan fingerprint density at radius 2 is 1.55 bits per heavy atom. The Kier molecular flexibility index (Phi) is 12.0. The minimum absolute atomic E-state index is 0.661. The summed E-state index contributed by atoms with van der Waals surface area (Å²) in [5, 5.41) is 3.60. The standard InChI is InChI=1S/C10H21N.C6H11N.C2H6/c1-8(2)11-10-6-4-9(3)5-7-10;1-2-7-5-3-4-6-7;1-2/h8-11H,4-7H2,1-3H3;2H,1,3-6H2;1-2H3. The summed E-state index contributed by atoms with van der Waals surface area (Å²) in [6.45, 7) is 17.0. The summed E-state index contributed by atoms with van der Waals surface area (Å²) >= 11 is 0. The van der Waals surface area contributed by atoms with Crippen LogP contribution in [0.25, 0.3) is 0 Å². The Hall–Kier alpha value is -0.500. The second kappa shape index (κ2) is 12.3. The Bertz CT molecular complexity index is 211. The molecule has 0 atom stereocenters. The third-order valence-electron chi connectivity index (χ3n) is 3.98. The lowest BCUT2D eigenvalue weighted by molar-refractivity contribution is 0.295. The monoisotopic (exact) mass is 282 g/mol. The van der Waals surface area contributed by atoms with Crippen molar-refractivity contribution in [3.63, 3.8) is 0 Å². The van der Waals surface area contributed by atoms with Gasteiger partial charge in [-0.2, -0.15) is 0 Å². The van der Waals surface area contributed by atoms with E-state index in [1.807, 2.05) is 20.0 Å². The predicted molar refractivity (Wildman–Crippen MR) is 92.0 cm³/mol. The number of nitrogens with one attached hydrogen (secondary N) is 1. The topological polar surface area (TPSA) is 15.3 Å². The summed E-state index contributed by atoms with van der Waals surface area (Å²) in [5.74, 6) is 0.972. The molecule has 2 nitrogen and oxygen atoms in total. The second-order valence-corrected chi connectivity index (χ2v) is 6.20. The van der Waals surface area contributed by atoms with E-state index in [0.29, 0.717) is 6.04 Å². The molecule has 0 spiro atoms. The smallest absolute Gasteiger partial charge is 0.0172 e. The van der Waals surface area contributed by atoms with E-state index in [2.05, 4.69) is 37.6 Å². The molecule has 1 heterocycles. The quantitative estimate of drug-likeness (QED) is 0.798. The molecule has 2 heteroatoms. The highest BCUT2D eigenvalue weighted by molar-refractivity contribution is 4.76. The van der Waals surface area contributed by atoms with Gasteiger partial charge in [-0.25, -0.2) is 0 Å². The average molecular weight is 283 g/mol. The van der Waals surface area contributed by atoms with E-state index < -0.39 is 0 Å². The van der Waals surface area contributed by atoms with Gasteiger partial charge < -0.3 is 10.2 Å². The third-order valence-corrected chi connectivity index (χ3v) is 3.98. The van der Waals surface area contributed by atoms with Gasteiger partial charge in [-0.15, -0.1) is 0 Å². The van der Waals surface area contributed by atoms with Crippen LogP contribution < -0.4 is 5.32 Å². The fourth-order valence-electron chi connectivity index (χ4n) is 2.82. The van der Waals surface area contributed by atoms with Crippen LogP contribution in [0.15, 0.2) is 12.8 Å². The highest BCUT2D eigenvalue weighted by Crippen LogP contribution is 2.23. The molecule has 0 aromatic carbocycles. The first-order valence-electron chi connectivity index (χ1n) is 8.74. The predicted octanol–water partition coefficient (Wildman–Crippen LogP) is 4.82. The zero-order valence-corrected chi connectivity index (χ0v) is 14.6. The van der Waals surface area contributed by atoms with Crippen LogP contribution in [0, 0.1) is 5.92 Å². The summed E-state index contributed by atoms with van der Waals surface area (Å²) in [4.78, 5) is 2.25. The fourth-order valence-corrected chi connectivity index (χ4v) is 2.82. The molecule has 0 aromatic rings. The van der Waals surface area contributed by atoms with Crippen LogP contribution in [0.1, 0.15) is 73.1 Å². The van der Waals surface area contributed by atoms with E-state index in [4.69, 9.17) is 0 Å². The van der Waals surface area contributed by atoms with E-state index in [0.717, 1.165) is 12.0 Å². The van der Waals surface area contributed by atoms with Crippen LogP contribution >= 0.6 is 0 Å². The average Bonchev–Trinajstić information content (AvgIpc) is 2.97. The van der Waals surface area contributed by atoms with E-state index in [9.17, 15) is 0 Å². The Morgan fingerprint density at radius 3 is 1.90 bits per heavy atom. The number of rotatable bonds is 3. The molecule has 1 aliphatic heterocycles. The first-order valence-corrected chi connectivity index (χ1v) is 8.74. The largest absolute Gasteiger partial charge is 0.378 e. The molecule has 120 valence electrons. The van der Waals surface area contributed by atoms with Gasteiger partial charge in [0.05, 0.1) is 0 Å². The van der Waals surface area contributed by atoms with Gasteiger partial charge in [0.15, 0.2) is 0 Å². The SMILES string of the molecule is C=CN1CCCC1.CC.CC1CCC(NC(C)C)CC1. The molecule has 0 bridgehead atoms. The van der Waals surface area contributed by atoms with Gasteiger partial charge in [0, 0.05) is 25.2 Å². The minimum atomic E-state index is 0.661. The molecule has 0 radical (unpaired) electrons. The Morgan fingerprint density at radius 1 is 1.05 bits per heavy atom. The van der Waals surface area contributed by atoms with Gasteiger partial charge in [0.25, 0.3) is 0 Å². The van der Waals surface area contributed by atoms with E-state index >= 15 is 0 Å². The van der Waals surface area contributed by atoms with Crippen LogP contribution in [-0.2, 0) is 0 Å². The highest BCUT2D eigenvalue weighted by Gasteiger charge is 2.17. The molecule has 1 N–H and O–H groups in total. The van der Waals surface area contributed by atoms with Crippen molar-refractivity contribution < 1.29 is 0 Å². The zero-order valence-electron chi connectivity index (χ0n) is 14.6. The molecule has 2 rings (SSSR count). The van der Waals surface area contributed by atoms with Crippen LogP contribution in [0.5, 0.6) is 0 Å². The minimum Gasteiger partial charge on any atom is -0.378 e. The van der Waals surface area contributed by atoms with Gasteiger partial charge in [0.1, 0.15) is 0 Å². The van der Waals surface area contributed by atoms with Crippen molar-refractivity contribution in [1.29, 1.82) is 0 Å². The Balaban J connectivity index is 0.000000345. The molecule has 0 aromatic heterocycles. The summed E-state index contributed by atoms with van der Waals surface area (Å²) in [6.07, 6.45) is 10.2. The summed E-state index contributed by atoms with van der Waals surface area (Å²) in [5.41, 5.74) is 0. The van der Waals surface area contributed by atoms with Gasteiger partial charge in [-0.3, -0.25) is 0 Å². The number of hydrogen-bond donors (Lipinski definition) is 1. The van der Waals surface area contributed by atoms with Crippen LogP contribution in [0.3, 0.4) is 0 Å². The first-order chi connectivity index (χ1) is 9.61. The van der Waals surface area contributed by atoms with Gasteiger partial charge in [-0.05, 0) is 50.6 Å². The highest BCUT2D eigenvalue weighted by atomic mass is 15.1. The van der Waals surface area contributed by atoms with Crippen molar-refractivity contribution in [3.8, 4) is 0 Å². The lowest BCUT2D eigenvalue weighted by Crippen LogP contribution is -2.37. The maximum absolute atomic E-state index is 3.67. The number of nitrogens with zero attached hydrogens (tertiary/aromatic N) is 1. The maximum Gasteiger partial charge on any atom is 0.0172 e. The van der Waals surface area contributed by atoms with Crippen molar-refractivity contribution in [2.45, 2.75) is 85.2 Å². The third kappa shape index (κ3) is 9.41. The van der Waals surface area contributed by atoms with Gasteiger partial charge >= 0.3 is 0 Å². The van der Waals surface area contributed by atoms with Crippen molar-refractivity contribution >= 4 is 0 Å². The van der Waals surface area contributed by atoms with Crippen molar-refractivity contribution in [1.82, 2.24) is 10.2 Å². The summed E-state index contributed by atoms with van der Waals surface area (Å²) in [7, 11) is 0. The summed E-state index contributed by atoms with van der Waals surface area (Å²) < 4.78 is 0. The first kappa shape index (κ1) is 19.5. The van der Waals surface area contributed by atoms with E-state index in [1.165, 1.54) is 51.6 Å².